The van der Waals surface area contributed by atoms with Crippen LogP contribution in [0.25, 0.3) is 16.9 Å². The van der Waals surface area contributed by atoms with Gasteiger partial charge >= 0.3 is 6.36 Å². The van der Waals surface area contributed by atoms with Gasteiger partial charge in [0.05, 0.1) is 16.4 Å². The van der Waals surface area contributed by atoms with E-state index in [1.165, 1.54) is 24.3 Å². The molecular weight excluding hydrogens is 402 g/mol. The van der Waals surface area contributed by atoms with E-state index in [4.69, 9.17) is 23.2 Å². The number of alkyl halides is 3. The number of anilines is 1. The van der Waals surface area contributed by atoms with E-state index in [1.807, 2.05) is 0 Å². The Bertz CT molecular complexity index is 1000. The molecule has 4 nitrogen and oxygen atoms in total. The summed E-state index contributed by atoms with van der Waals surface area (Å²) in [5, 5.41) is 8.90. The Labute approximate surface area is 162 Å². The van der Waals surface area contributed by atoms with Gasteiger partial charge in [-0.05, 0) is 48.9 Å². The summed E-state index contributed by atoms with van der Waals surface area (Å²) >= 11 is 12.3. The molecule has 0 bridgehead atoms. The maximum atomic E-state index is 12.3. The molecule has 0 radical (unpaired) electrons. The fraction of sp³-hybridized carbons (Fsp3) is 0.167. The molecule has 0 unspecified atom stereocenters. The van der Waals surface area contributed by atoms with Gasteiger partial charge in [0.25, 0.3) is 0 Å². The predicted molar refractivity (Wildman–Crippen MR) is 97.9 cm³/mol. The lowest BCUT2D eigenvalue weighted by Crippen LogP contribution is -2.17. The van der Waals surface area contributed by atoms with Crippen LogP contribution in [0.15, 0.2) is 42.5 Å². The molecule has 9 heteroatoms. The SMILES string of the molecule is FC(F)(F)Oc1ccc(-n2nc(-c3ccc(Cl)cc3Cl)c3c2NCC3)cc1. The second-order valence-corrected chi connectivity index (χ2v) is 6.77. The van der Waals surface area contributed by atoms with E-state index < -0.39 is 6.36 Å². The Morgan fingerprint density at radius 2 is 1.81 bits per heavy atom. The molecule has 0 spiro atoms. The minimum atomic E-state index is -4.73. The van der Waals surface area contributed by atoms with Crippen LogP contribution >= 0.6 is 23.2 Å². The lowest BCUT2D eigenvalue weighted by Gasteiger charge is -2.10. The Morgan fingerprint density at radius 3 is 2.48 bits per heavy atom. The Balaban J connectivity index is 1.75. The normalized spacial score (nSPS) is 13.4. The molecule has 140 valence electrons. The smallest absolute Gasteiger partial charge is 0.406 e. The minimum absolute atomic E-state index is 0.288. The van der Waals surface area contributed by atoms with E-state index in [0.717, 1.165) is 29.9 Å². The number of ether oxygens (including phenoxy) is 1. The van der Waals surface area contributed by atoms with Crippen LogP contribution in [0.4, 0.5) is 19.0 Å². The Kier molecular flexibility index (Phi) is 4.44. The fourth-order valence-corrected chi connectivity index (χ4v) is 3.55. The summed E-state index contributed by atoms with van der Waals surface area (Å²) in [4.78, 5) is 0. The van der Waals surface area contributed by atoms with Crippen LogP contribution in [-0.2, 0) is 6.42 Å². The molecule has 1 N–H and O–H groups in total. The van der Waals surface area contributed by atoms with Crippen LogP contribution in [-0.4, -0.2) is 22.7 Å². The van der Waals surface area contributed by atoms with Gasteiger partial charge < -0.3 is 10.1 Å². The van der Waals surface area contributed by atoms with Crippen LogP contribution < -0.4 is 10.1 Å². The van der Waals surface area contributed by atoms with Crippen LogP contribution in [0.1, 0.15) is 5.56 Å². The topological polar surface area (TPSA) is 39.1 Å². The first kappa shape index (κ1) is 18.0. The fourth-order valence-electron chi connectivity index (χ4n) is 3.05. The number of nitrogens with zero attached hydrogens (tertiary/aromatic N) is 2. The van der Waals surface area contributed by atoms with Crippen LogP contribution in [0.5, 0.6) is 5.75 Å². The highest BCUT2D eigenvalue weighted by atomic mass is 35.5. The zero-order valence-electron chi connectivity index (χ0n) is 13.6. The highest BCUT2D eigenvalue weighted by molar-refractivity contribution is 6.36. The largest absolute Gasteiger partial charge is 0.573 e. The second-order valence-electron chi connectivity index (χ2n) is 5.93. The van der Waals surface area contributed by atoms with Crippen molar-refractivity contribution in [1.29, 1.82) is 0 Å². The maximum absolute atomic E-state index is 12.3. The van der Waals surface area contributed by atoms with Gasteiger partial charge in [-0.15, -0.1) is 13.2 Å². The highest BCUT2D eigenvalue weighted by Crippen LogP contribution is 2.38. The molecule has 4 rings (SSSR count). The van der Waals surface area contributed by atoms with Crippen LogP contribution in [0.3, 0.4) is 0 Å². The quantitative estimate of drug-likeness (QED) is 0.597. The monoisotopic (exact) mass is 413 g/mol. The standard InChI is InChI=1S/C18H12Cl2F3N3O/c19-10-1-6-13(15(20)9-10)16-14-7-8-24-17(14)26(25-16)11-2-4-12(5-3-11)27-18(21,22)23/h1-6,9,24H,7-8H2. The van der Waals surface area contributed by atoms with Gasteiger partial charge in [-0.1, -0.05) is 23.2 Å². The molecule has 2 aromatic carbocycles. The number of hydrogen-bond donors (Lipinski definition) is 1. The van der Waals surface area contributed by atoms with Crippen molar-refractivity contribution in [3.8, 4) is 22.7 Å². The summed E-state index contributed by atoms with van der Waals surface area (Å²) < 4.78 is 42.6. The number of benzene rings is 2. The number of hydrogen-bond acceptors (Lipinski definition) is 3. The van der Waals surface area contributed by atoms with Crippen molar-refractivity contribution in [2.45, 2.75) is 12.8 Å². The first-order valence-corrected chi connectivity index (χ1v) is 8.75. The van der Waals surface area contributed by atoms with E-state index in [1.54, 1.807) is 22.9 Å². The number of nitrogens with one attached hydrogen (secondary N) is 1. The maximum Gasteiger partial charge on any atom is 0.573 e. The lowest BCUT2D eigenvalue weighted by molar-refractivity contribution is -0.274. The molecular formula is C18H12Cl2F3N3O. The van der Waals surface area contributed by atoms with Crippen molar-refractivity contribution >= 4 is 29.0 Å². The van der Waals surface area contributed by atoms with E-state index in [-0.39, 0.29) is 5.75 Å². The zero-order valence-corrected chi connectivity index (χ0v) is 15.2. The third-order valence-electron chi connectivity index (χ3n) is 4.15. The summed E-state index contributed by atoms with van der Waals surface area (Å²) in [6, 6.07) is 10.7. The molecule has 3 aromatic rings. The van der Waals surface area contributed by atoms with Crippen molar-refractivity contribution in [3.05, 3.63) is 58.1 Å². The minimum Gasteiger partial charge on any atom is -0.406 e. The zero-order chi connectivity index (χ0) is 19.2. The number of halogens is 5. The predicted octanol–water partition coefficient (Wildman–Crippen LogP) is 5.71. The van der Waals surface area contributed by atoms with Gasteiger partial charge in [0, 0.05) is 22.7 Å². The summed E-state index contributed by atoms with van der Waals surface area (Å²) in [5.41, 5.74) is 3.06. The molecule has 0 atom stereocenters. The molecule has 0 saturated carbocycles. The number of fused-ring (bicyclic) bond motifs is 1. The average Bonchev–Trinajstić information content (AvgIpc) is 3.17. The molecule has 0 amide bonds. The van der Waals surface area contributed by atoms with Crippen molar-refractivity contribution in [2.75, 3.05) is 11.9 Å². The van der Waals surface area contributed by atoms with Crippen molar-refractivity contribution < 1.29 is 17.9 Å². The second kappa shape index (κ2) is 6.65. The summed E-state index contributed by atoms with van der Waals surface area (Å²) in [6.45, 7) is 0.737. The van der Waals surface area contributed by atoms with Crippen LogP contribution in [0.2, 0.25) is 10.0 Å². The summed E-state index contributed by atoms with van der Waals surface area (Å²) in [7, 11) is 0. The molecule has 2 heterocycles. The van der Waals surface area contributed by atoms with Gasteiger partial charge in [-0.2, -0.15) is 5.10 Å². The van der Waals surface area contributed by atoms with Crippen molar-refractivity contribution in [3.63, 3.8) is 0 Å². The van der Waals surface area contributed by atoms with Gasteiger partial charge in [-0.3, -0.25) is 0 Å². The van der Waals surface area contributed by atoms with Gasteiger partial charge in [0.2, 0.25) is 0 Å². The average molecular weight is 414 g/mol. The Hall–Kier alpha value is -2.38. The summed E-state index contributed by atoms with van der Waals surface area (Å²) in [6.07, 6.45) is -3.96. The summed E-state index contributed by atoms with van der Waals surface area (Å²) in [5.74, 6) is 0.504. The van der Waals surface area contributed by atoms with E-state index in [2.05, 4.69) is 15.2 Å². The number of rotatable bonds is 3. The first-order chi connectivity index (χ1) is 12.8. The third-order valence-corrected chi connectivity index (χ3v) is 4.70. The number of aromatic nitrogens is 2. The molecule has 1 aliphatic heterocycles. The van der Waals surface area contributed by atoms with Crippen molar-refractivity contribution in [2.24, 2.45) is 0 Å². The van der Waals surface area contributed by atoms with E-state index >= 15 is 0 Å². The van der Waals surface area contributed by atoms with Gasteiger partial charge in [-0.25, -0.2) is 4.68 Å². The molecule has 0 saturated heterocycles. The molecule has 0 aliphatic carbocycles. The van der Waals surface area contributed by atoms with E-state index in [9.17, 15) is 13.2 Å². The highest BCUT2D eigenvalue weighted by Gasteiger charge is 2.31. The van der Waals surface area contributed by atoms with Crippen molar-refractivity contribution in [1.82, 2.24) is 9.78 Å². The molecule has 0 fully saturated rings. The third kappa shape index (κ3) is 3.57. The first-order valence-electron chi connectivity index (χ1n) is 7.99. The molecule has 27 heavy (non-hydrogen) atoms. The van der Waals surface area contributed by atoms with Crippen LogP contribution in [0, 0.1) is 0 Å². The molecule has 1 aliphatic rings. The molecule has 1 aromatic heterocycles. The van der Waals surface area contributed by atoms with Gasteiger partial charge in [0.1, 0.15) is 11.6 Å². The van der Waals surface area contributed by atoms with E-state index in [0.29, 0.717) is 21.4 Å². The lowest BCUT2D eigenvalue weighted by atomic mass is 10.1. The Morgan fingerprint density at radius 1 is 1.07 bits per heavy atom. The van der Waals surface area contributed by atoms with Gasteiger partial charge in [0.15, 0.2) is 0 Å².